The number of nitrogens with one attached hydrogen (secondary N) is 1. The SMILES string of the molecule is CC1(C)O[C@@H]2[C@H](O1)[C@@H](CO)O[C@H]2n1cnc2c(NC3CCCCC3)nc(F)nc21. The maximum atomic E-state index is 14.3. The van der Waals surface area contributed by atoms with Gasteiger partial charge in [0, 0.05) is 6.04 Å². The molecule has 2 aromatic rings. The number of imidazole rings is 1. The molecule has 2 aromatic heterocycles. The molecule has 1 aliphatic carbocycles. The van der Waals surface area contributed by atoms with E-state index < -0.39 is 36.4 Å². The molecule has 0 bridgehead atoms. The van der Waals surface area contributed by atoms with Gasteiger partial charge in [0.05, 0.1) is 12.9 Å². The van der Waals surface area contributed by atoms with Crippen LogP contribution in [0.3, 0.4) is 0 Å². The van der Waals surface area contributed by atoms with Crippen molar-refractivity contribution >= 4 is 17.0 Å². The molecule has 0 aromatic carbocycles. The van der Waals surface area contributed by atoms with Gasteiger partial charge in [-0.25, -0.2) is 4.98 Å². The summed E-state index contributed by atoms with van der Waals surface area (Å²) >= 11 is 0. The number of rotatable bonds is 4. The second-order valence-corrected chi connectivity index (χ2v) is 8.46. The summed E-state index contributed by atoms with van der Waals surface area (Å²) in [6.45, 7) is 3.43. The predicted octanol–water partition coefficient (Wildman–Crippen LogP) is 2.12. The van der Waals surface area contributed by atoms with Gasteiger partial charge in [-0.3, -0.25) is 4.57 Å². The lowest BCUT2D eigenvalue weighted by atomic mass is 9.95. The second-order valence-electron chi connectivity index (χ2n) is 8.46. The zero-order valence-corrected chi connectivity index (χ0v) is 16.5. The van der Waals surface area contributed by atoms with Crippen LogP contribution in [0.2, 0.25) is 0 Å². The molecule has 158 valence electrons. The van der Waals surface area contributed by atoms with Crippen molar-refractivity contribution in [2.75, 3.05) is 11.9 Å². The zero-order valence-electron chi connectivity index (χ0n) is 16.5. The van der Waals surface area contributed by atoms with Crippen LogP contribution < -0.4 is 5.32 Å². The average Bonchev–Trinajstić information content (AvgIpc) is 3.33. The minimum atomic E-state index is -0.824. The van der Waals surface area contributed by atoms with Gasteiger partial charge in [0.15, 0.2) is 29.0 Å². The molecule has 4 atom stereocenters. The Morgan fingerprint density at radius 2 is 1.97 bits per heavy atom. The highest BCUT2D eigenvalue weighted by atomic mass is 19.1. The van der Waals surface area contributed by atoms with Crippen LogP contribution in [0.15, 0.2) is 6.33 Å². The number of hydrogen-bond acceptors (Lipinski definition) is 8. The molecule has 5 rings (SSSR count). The van der Waals surface area contributed by atoms with Crippen molar-refractivity contribution in [1.29, 1.82) is 0 Å². The molecule has 1 saturated carbocycles. The van der Waals surface area contributed by atoms with Gasteiger partial charge in [-0.2, -0.15) is 14.4 Å². The van der Waals surface area contributed by atoms with Gasteiger partial charge in [-0.15, -0.1) is 0 Å². The third kappa shape index (κ3) is 3.37. The highest BCUT2D eigenvalue weighted by Gasteiger charge is 2.56. The number of aliphatic hydroxyl groups is 1. The molecular weight excluding hydrogens is 381 g/mol. The molecule has 0 radical (unpaired) electrons. The van der Waals surface area contributed by atoms with Gasteiger partial charge in [0.2, 0.25) is 0 Å². The van der Waals surface area contributed by atoms with E-state index in [0.717, 1.165) is 25.7 Å². The third-order valence-electron chi connectivity index (χ3n) is 5.92. The fourth-order valence-corrected chi connectivity index (χ4v) is 4.65. The Bertz CT molecular complexity index is 900. The van der Waals surface area contributed by atoms with Crippen LogP contribution in [0.1, 0.15) is 52.2 Å². The first-order chi connectivity index (χ1) is 13.9. The Morgan fingerprint density at radius 1 is 1.21 bits per heavy atom. The summed E-state index contributed by atoms with van der Waals surface area (Å²) in [5.74, 6) is -0.398. The molecule has 3 fully saturated rings. The van der Waals surface area contributed by atoms with E-state index >= 15 is 0 Å². The Balaban J connectivity index is 1.49. The lowest BCUT2D eigenvalue weighted by Crippen LogP contribution is -2.31. The van der Waals surface area contributed by atoms with Crippen LogP contribution in [0.5, 0.6) is 0 Å². The molecule has 4 heterocycles. The number of nitrogens with zero attached hydrogens (tertiary/aromatic N) is 4. The minimum Gasteiger partial charge on any atom is -0.394 e. The molecule has 0 spiro atoms. The standard InChI is InChI=1S/C19H26FN5O4/c1-19(2)28-13-11(8-26)27-17(14(13)29-19)25-9-21-12-15(23-18(20)24-16(12)25)22-10-6-4-3-5-7-10/h9-11,13-14,17,26H,3-8H2,1-2H3,(H,22,23,24)/t11-,13-,14-,17-/m1/s1. The summed E-state index contributed by atoms with van der Waals surface area (Å²) in [6, 6.07) is 0.254. The van der Waals surface area contributed by atoms with Gasteiger partial charge in [0.1, 0.15) is 18.3 Å². The lowest BCUT2D eigenvalue weighted by molar-refractivity contribution is -0.199. The van der Waals surface area contributed by atoms with E-state index in [1.807, 2.05) is 13.8 Å². The summed E-state index contributed by atoms with van der Waals surface area (Å²) in [7, 11) is 0. The monoisotopic (exact) mass is 407 g/mol. The highest BCUT2D eigenvalue weighted by Crippen LogP contribution is 2.43. The van der Waals surface area contributed by atoms with Crippen molar-refractivity contribution < 1.29 is 23.7 Å². The summed E-state index contributed by atoms with van der Waals surface area (Å²) in [5.41, 5.74) is 0.814. The average molecular weight is 407 g/mol. The number of aromatic nitrogens is 4. The van der Waals surface area contributed by atoms with Gasteiger partial charge < -0.3 is 24.6 Å². The Kier molecular flexibility index (Phi) is 4.69. The van der Waals surface area contributed by atoms with E-state index in [1.54, 1.807) is 10.9 Å². The van der Waals surface area contributed by atoms with Crippen LogP contribution in [0.25, 0.3) is 11.2 Å². The summed E-state index contributed by atoms with van der Waals surface area (Å²) in [6.07, 6.45) is 4.24. The number of hydrogen-bond donors (Lipinski definition) is 2. The second kappa shape index (κ2) is 7.12. The van der Waals surface area contributed by atoms with Crippen molar-refractivity contribution in [2.24, 2.45) is 0 Å². The first-order valence-corrected chi connectivity index (χ1v) is 10.2. The van der Waals surface area contributed by atoms with Crippen molar-refractivity contribution in [3.63, 3.8) is 0 Å². The van der Waals surface area contributed by atoms with Crippen LogP contribution in [-0.2, 0) is 14.2 Å². The van der Waals surface area contributed by atoms with E-state index in [4.69, 9.17) is 14.2 Å². The van der Waals surface area contributed by atoms with E-state index in [2.05, 4.69) is 20.3 Å². The number of halogens is 1. The molecule has 10 heteroatoms. The maximum Gasteiger partial charge on any atom is 0.312 e. The summed E-state index contributed by atoms with van der Waals surface area (Å²) in [5, 5.41) is 13.0. The molecule has 29 heavy (non-hydrogen) atoms. The van der Waals surface area contributed by atoms with E-state index in [-0.39, 0.29) is 12.6 Å². The van der Waals surface area contributed by atoms with Gasteiger partial charge >= 0.3 is 6.08 Å². The molecule has 2 N–H and O–H groups in total. The predicted molar refractivity (Wildman–Crippen MR) is 101 cm³/mol. The fourth-order valence-electron chi connectivity index (χ4n) is 4.65. The Morgan fingerprint density at radius 3 is 2.72 bits per heavy atom. The smallest absolute Gasteiger partial charge is 0.312 e. The Labute approximate surface area is 167 Å². The van der Waals surface area contributed by atoms with Crippen molar-refractivity contribution in [2.45, 2.75) is 82.3 Å². The molecule has 2 saturated heterocycles. The zero-order chi connectivity index (χ0) is 20.2. The maximum absolute atomic E-state index is 14.3. The normalized spacial score (nSPS) is 32.0. The Hall–Kier alpha value is -1.88. The number of anilines is 1. The number of ether oxygens (including phenoxy) is 3. The van der Waals surface area contributed by atoms with Crippen molar-refractivity contribution in [3.05, 3.63) is 12.4 Å². The topological polar surface area (TPSA) is 104 Å². The molecule has 0 unspecified atom stereocenters. The molecular formula is C19H26FN5O4. The van der Waals surface area contributed by atoms with Crippen LogP contribution in [0, 0.1) is 6.08 Å². The minimum absolute atomic E-state index is 0.207. The quantitative estimate of drug-likeness (QED) is 0.743. The molecule has 3 aliphatic rings. The van der Waals surface area contributed by atoms with E-state index in [9.17, 15) is 9.50 Å². The molecule has 9 nitrogen and oxygen atoms in total. The number of aliphatic hydroxyl groups excluding tert-OH is 1. The van der Waals surface area contributed by atoms with Crippen LogP contribution in [0.4, 0.5) is 10.2 Å². The number of fused-ring (bicyclic) bond motifs is 2. The summed E-state index contributed by atoms with van der Waals surface area (Å²) < 4.78 is 33.8. The fraction of sp³-hybridized carbons (Fsp3) is 0.737. The molecule has 0 amide bonds. The van der Waals surface area contributed by atoms with Gasteiger partial charge in [-0.1, -0.05) is 19.3 Å². The first kappa shape index (κ1) is 19.1. The van der Waals surface area contributed by atoms with Crippen LogP contribution >= 0.6 is 0 Å². The van der Waals surface area contributed by atoms with Crippen molar-refractivity contribution in [3.8, 4) is 0 Å². The largest absolute Gasteiger partial charge is 0.394 e. The van der Waals surface area contributed by atoms with E-state index in [0.29, 0.717) is 17.0 Å². The van der Waals surface area contributed by atoms with Gasteiger partial charge in [-0.05, 0) is 26.7 Å². The third-order valence-corrected chi connectivity index (χ3v) is 5.92. The first-order valence-electron chi connectivity index (χ1n) is 10.2. The molecule has 2 aliphatic heterocycles. The van der Waals surface area contributed by atoms with Crippen molar-refractivity contribution in [1.82, 2.24) is 19.5 Å². The van der Waals surface area contributed by atoms with Crippen LogP contribution in [-0.4, -0.2) is 61.4 Å². The van der Waals surface area contributed by atoms with E-state index in [1.165, 1.54) is 6.42 Å². The lowest BCUT2D eigenvalue weighted by Gasteiger charge is -2.24. The summed E-state index contributed by atoms with van der Waals surface area (Å²) in [4.78, 5) is 12.4. The highest BCUT2D eigenvalue weighted by molar-refractivity contribution is 5.83. The van der Waals surface area contributed by atoms with Gasteiger partial charge in [0.25, 0.3) is 0 Å².